The number of carbonyl (C=O) groups excluding carboxylic acids is 2. The normalized spacial score (nSPS) is 13.4. The molecule has 3 rings (SSSR count). The van der Waals surface area contributed by atoms with Crippen molar-refractivity contribution in [3.05, 3.63) is 35.0 Å². The highest BCUT2D eigenvalue weighted by Gasteiger charge is 2.25. The Bertz CT molecular complexity index is 862. The molecule has 150 valence electrons. The zero-order valence-corrected chi connectivity index (χ0v) is 16.7. The van der Waals surface area contributed by atoms with Crippen LogP contribution in [0.2, 0.25) is 0 Å². The number of aryl methyl sites for hydroxylation is 2. The van der Waals surface area contributed by atoms with Gasteiger partial charge in [0, 0.05) is 50.9 Å². The second kappa shape index (κ2) is 8.81. The average molecular weight is 385 g/mol. The van der Waals surface area contributed by atoms with Crippen molar-refractivity contribution in [2.24, 2.45) is 0 Å². The lowest BCUT2D eigenvalue weighted by Crippen LogP contribution is -2.37. The van der Waals surface area contributed by atoms with E-state index in [9.17, 15) is 9.59 Å². The Hall–Kier alpha value is -2.97. The molecular weight excluding hydrogens is 358 g/mol. The largest absolute Gasteiger partial charge is 0.368 e. The van der Waals surface area contributed by atoms with Crippen LogP contribution < -0.4 is 10.6 Å². The standard InChI is InChI=1S/C19H27N7O2/c1-4-5-6-16-22-13(2)11-17(23-16)20-7-8-21-18(27)14-12-15-19(28)25(3)9-10-26(15)24-14/h11-12H,4-10H2,1-3H3,(H,21,27)(H,20,22,23). The Morgan fingerprint density at radius 1 is 1.21 bits per heavy atom. The van der Waals surface area contributed by atoms with Crippen molar-refractivity contribution >= 4 is 17.6 Å². The maximum Gasteiger partial charge on any atom is 0.271 e. The van der Waals surface area contributed by atoms with E-state index in [1.54, 1.807) is 22.7 Å². The molecule has 0 saturated heterocycles. The molecule has 0 aliphatic carbocycles. The number of anilines is 1. The molecule has 3 heterocycles. The molecule has 2 amide bonds. The number of rotatable bonds is 8. The third-order valence-electron chi connectivity index (χ3n) is 4.60. The highest BCUT2D eigenvalue weighted by Crippen LogP contribution is 2.12. The van der Waals surface area contributed by atoms with Gasteiger partial charge in [0.1, 0.15) is 17.3 Å². The van der Waals surface area contributed by atoms with E-state index in [4.69, 9.17) is 0 Å². The van der Waals surface area contributed by atoms with Gasteiger partial charge in [0.2, 0.25) is 0 Å². The molecule has 1 aliphatic heterocycles. The van der Waals surface area contributed by atoms with E-state index in [2.05, 4.69) is 32.6 Å². The molecule has 0 unspecified atom stereocenters. The molecule has 0 fully saturated rings. The van der Waals surface area contributed by atoms with Crippen LogP contribution in [0.1, 0.15) is 52.3 Å². The van der Waals surface area contributed by atoms with Gasteiger partial charge in [0.25, 0.3) is 11.8 Å². The summed E-state index contributed by atoms with van der Waals surface area (Å²) in [5.41, 5.74) is 1.64. The molecule has 0 spiro atoms. The molecule has 2 aromatic rings. The summed E-state index contributed by atoms with van der Waals surface area (Å²) in [7, 11) is 1.74. The van der Waals surface area contributed by atoms with Crippen LogP contribution in [0, 0.1) is 6.92 Å². The smallest absolute Gasteiger partial charge is 0.271 e. The van der Waals surface area contributed by atoms with Gasteiger partial charge in [-0.25, -0.2) is 9.97 Å². The third-order valence-corrected chi connectivity index (χ3v) is 4.60. The van der Waals surface area contributed by atoms with Gasteiger partial charge in [-0.2, -0.15) is 5.10 Å². The number of likely N-dealkylation sites (N-methyl/N-ethyl adjacent to an activating group) is 1. The molecule has 0 bridgehead atoms. The van der Waals surface area contributed by atoms with Crippen LogP contribution in [-0.2, 0) is 13.0 Å². The first-order valence-electron chi connectivity index (χ1n) is 9.68. The zero-order valence-electron chi connectivity index (χ0n) is 16.7. The summed E-state index contributed by atoms with van der Waals surface area (Å²) in [5.74, 6) is 1.20. The highest BCUT2D eigenvalue weighted by atomic mass is 16.2. The maximum atomic E-state index is 12.3. The number of fused-ring (bicyclic) bond motifs is 1. The number of hydrogen-bond donors (Lipinski definition) is 2. The molecule has 28 heavy (non-hydrogen) atoms. The van der Waals surface area contributed by atoms with E-state index >= 15 is 0 Å². The fraction of sp³-hybridized carbons (Fsp3) is 0.526. The predicted octanol–water partition coefficient (Wildman–Crippen LogP) is 1.25. The lowest BCUT2D eigenvalue weighted by Gasteiger charge is -2.22. The molecule has 0 aromatic carbocycles. The summed E-state index contributed by atoms with van der Waals surface area (Å²) in [6.07, 6.45) is 3.03. The van der Waals surface area contributed by atoms with Gasteiger partial charge >= 0.3 is 0 Å². The number of unbranched alkanes of at least 4 members (excludes halogenated alkanes) is 1. The molecule has 1 aliphatic rings. The SMILES string of the molecule is CCCCc1nc(C)cc(NCCNC(=O)c2cc3n(n2)CCN(C)C3=O)n1. The summed E-state index contributed by atoms with van der Waals surface area (Å²) >= 11 is 0. The van der Waals surface area contributed by atoms with Crippen molar-refractivity contribution < 1.29 is 9.59 Å². The maximum absolute atomic E-state index is 12.3. The van der Waals surface area contributed by atoms with Gasteiger partial charge in [0.05, 0.1) is 6.54 Å². The first kappa shape index (κ1) is 19.8. The summed E-state index contributed by atoms with van der Waals surface area (Å²) in [6, 6.07) is 3.44. The second-order valence-electron chi connectivity index (χ2n) is 6.96. The number of hydrogen-bond acceptors (Lipinski definition) is 6. The summed E-state index contributed by atoms with van der Waals surface area (Å²) in [6.45, 7) is 6.23. The zero-order chi connectivity index (χ0) is 20.1. The van der Waals surface area contributed by atoms with Crippen LogP contribution in [-0.4, -0.2) is 63.1 Å². The Morgan fingerprint density at radius 2 is 2.04 bits per heavy atom. The van der Waals surface area contributed by atoms with Gasteiger partial charge in [-0.15, -0.1) is 0 Å². The molecule has 9 nitrogen and oxygen atoms in total. The minimum Gasteiger partial charge on any atom is -0.368 e. The first-order valence-corrected chi connectivity index (χ1v) is 9.68. The lowest BCUT2D eigenvalue weighted by molar-refractivity contribution is 0.0742. The summed E-state index contributed by atoms with van der Waals surface area (Å²) in [4.78, 5) is 35.0. The second-order valence-corrected chi connectivity index (χ2v) is 6.96. The average Bonchev–Trinajstić information content (AvgIpc) is 3.11. The van der Waals surface area contributed by atoms with E-state index in [-0.39, 0.29) is 17.5 Å². The topological polar surface area (TPSA) is 105 Å². The van der Waals surface area contributed by atoms with Gasteiger partial charge in [0.15, 0.2) is 5.69 Å². The fourth-order valence-corrected chi connectivity index (χ4v) is 3.04. The summed E-state index contributed by atoms with van der Waals surface area (Å²) < 4.78 is 1.59. The van der Waals surface area contributed by atoms with Crippen LogP contribution in [0.25, 0.3) is 0 Å². The molecular formula is C19H27N7O2. The Labute approximate surface area is 164 Å². The van der Waals surface area contributed by atoms with Crippen LogP contribution in [0.4, 0.5) is 5.82 Å². The predicted molar refractivity (Wildman–Crippen MR) is 105 cm³/mol. The number of nitrogens with zero attached hydrogens (tertiary/aromatic N) is 5. The van der Waals surface area contributed by atoms with E-state index in [1.807, 2.05) is 13.0 Å². The molecule has 2 aromatic heterocycles. The third kappa shape index (κ3) is 4.65. The van der Waals surface area contributed by atoms with Crippen molar-refractivity contribution in [2.75, 3.05) is 32.0 Å². The molecule has 0 saturated carbocycles. The van der Waals surface area contributed by atoms with Gasteiger partial charge in [-0.1, -0.05) is 13.3 Å². The quantitative estimate of drug-likeness (QED) is 0.663. The number of aromatic nitrogens is 4. The van der Waals surface area contributed by atoms with Crippen LogP contribution in [0.3, 0.4) is 0 Å². The van der Waals surface area contributed by atoms with Gasteiger partial charge in [-0.3, -0.25) is 14.3 Å². The highest BCUT2D eigenvalue weighted by molar-refractivity contribution is 5.98. The van der Waals surface area contributed by atoms with E-state index in [0.29, 0.717) is 31.9 Å². The fourth-order valence-electron chi connectivity index (χ4n) is 3.04. The van der Waals surface area contributed by atoms with Crippen molar-refractivity contribution in [3.8, 4) is 0 Å². The molecule has 9 heteroatoms. The van der Waals surface area contributed by atoms with Crippen LogP contribution in [0.5, 0.6) is 0 Å². The minimum atomic E-state index is -0.290. The van der Waals surface area contributed by atoms with Crippen molar-refractivity contribution in [1.82, 2.24) is 30.0 Å². The van der Waals surface area contributed by atoms with Crippen molar-refractivity contribution in [3.63, 3.8) is 0 Å². The van der Waals surface area contributed by atoms with E-state index in [1.165, 1.54) is 0 Å². The number of amides is 2. The van der Waals surface area contributed by atoms with Crippen molar-refractivity contribution in [1.29, 1.82) is 0 Å². The Morgan fingerprint density at radius 3 is 2.82 bits per heavy atom. The molecule has 0 atom stereocenters. The van der Waals surface area contributed by atoms with Gasteiger partial charge in [-0.05, 0) is 13.3 Å². The molecule has 2 N–H and O–H groups in total. The number of nitrogens with one attached hydrogen (secondary N) is 2. The monoisotopic (exact) mass is 385 g/mol. The molecule has 0 radical (unpaired) electrons. The Balaban J connectivity index is 1.51. The first-order chi connectivity index (χ1) is 13.5. The summed E-state index contributed by atoms with van der Waals surface area (Å²) in [5, 5.41) is 10.3. The Kier molecular flexibility index (Phi) is 6.23. The minimum absolute atomic E-state index is 0.113. The lowest BCUT2D eigenvalue weighted by atomic mass is 10.2. The van der Waals surface area contributed by atoms with Crippen molar-refractivity contribution in [2.45, 2.75) is 39.7 Å². The van der Waals surface area contributed by atoms with Crippen LogP contribution >= 0.6 is 0 Å². The van der Waals surface area contributed by atoms with E-state index in [0.717, 1.165) is 36.6 Å². The van der Waals surface area contributed by atoms with E-state index < -0.39 is 0 Å². The van der Waals surface area contributed by atoms with Crippen LogP contribution in [0.15, 0.2) is 12.1 Å². The van der Waals surface area contributed by atoms with Gasteiger partial charge < -0.3 is 15.5 Å². The number of carbonyl (C=O) groups is 2.